The summed E-state index contributed by atoms with van der Waals surface area (Å²) in [6.45, 7) is 0. The van der Waals surface area contributed by atoms with Crippen LogP contribution < -0.4 is 5.32 Å². The number of aromatic nitrogens is 1. The molecule has 1 unspecified atom stereocenters. The number of pyridine rings is 1. The van der Waals surface area contributed by atoms with Crippen LogP contribution in [0.4, 0.5) is 0 Å². The molecule has 19 heavy (non-hydrogen) atoms. The summed E-state index contributed by atoms with van der Waals surface area (Å²) >= 11 is 3.31. The molecule has 0 amide bonds. The zero-order valence-corrected chi connectivity index (χ0v) is 12.4. The maximum atomic E-state index is 11.4. The van der Waals surface area contributed by atoms with E-state index in [2.05, 4.69) is 26.2 Å². The lowest BCUT2D eigenvalue weighted by atomic mass is 10.1. The molecule has 1 aromatic heterocycles. The summed E-state index contributed by atoms with van der Waals surface area (Å²) in [6, 6.07) is 3.16. The molecule has 1 aromatic rings. The van der Waals surface area contributed by atoms with Crippen LogP contribution in [0.25, 0.3) is 0 Å². The summed E-state index contributed by atoms with van der Waals surface area (Å²) < 4.78 is 0.856. The van der Waals surface area contributed by atoms with Gasteiger partial charge in [-0.2, -0.15) is 0 Å². The Hall–Kier alpha value is -0.940. The maximum absolute atomic E-state index is 11.4. The second-order valence-electron chi connectivity index (χ2n) is 5.03. The summed E-state index contributed by atoms with van der Waals surface area (Å²) in [5.41, 5.74) is 0.569. The molecule has 5 heteroatoms. The molecule has 1 heterocycles. The van der Waals surface area contributed by atoms with Gasteiger partial charge in [0.15, 0.2) is 0 Å². The van der Waals surface area contributed by atoms with Crippen LogP contribution >= 0.6 is 15.9 Å². The molecule has 0 aromatic carbocycles. The molecule has 1 fully saturated rings. The maximum Gasteiger partial charge on any atom is 0.326 e. The fraction of sp³-hybridized carbons (Fsp3) is 0.571. The molecule has 1 atom stereocenters. The van der Waals surface area contributed by atoms with E-state index in [0.29, 0.717) is 5.69 Å². The molecule has 0 saturated heterocycles. The zero-order chi connectivity index (χ0) is 13.7. The standard InChI is InChI=1S/C14H19BrN2O2/c15-10-7-8-12(16-9-10)13(14(18)19)17-11-5-3-1-2-4-6-11/h7-9,11,13,17H,1-6H2,(H,18,19). The molecule has 4 nitrogen and oxygen atoms in total. The minimum atomic E-state index is -0.862. The van der Waals surface area contributed by atoms with E-state index in [0.717, 1.165) is 17.3 Å². The van der Waals surface area contributed by atoms with Gasteiger partial charge in [0, 0.05) is 16.7 Å². The predicted octanol–water partition coefficient (Wildman–Crippen LogP) is 3.28. The van der Waals surface area contributed by atoms with E-state index in [9.17, 15) is 9.90 Å². The number of hydrogen-bond donors (Lipinski definition) is 2. The Bertz CT molecular complexity index is 414. The summed E-state index contributed by atoms with van der Waals surface area (Å²) in [5.74, 6) is -0.862. The average Bonchev–Trinajstić information content (AvgIpc) is 2.65. The molecule has 1 aliphatic carbocycles. The highest BCUT2D eigenvalue weighted by atomic mass is 79.9. The minimum absolute atomic E-state index is 0.286. The van der Waals surface area contributed by atoms with E-state index in [-0.39, 0.29) is 6.04 Å². The molecular formula is C14H19BrN2O2. The molecule has 104 valence electrons. The predicted molar refractivity (Wildman–Crippen MR) is 76.9 cm³/mol. The number of halogens is 1. The van der Waals surface area contributed by atoms with Crippen molar-refractivity contribution in [3.63, 3.8) is 0 Å². The molecule has 0 spiro atoms. The lowest BCUT2D eigenvalue weighted by Crippen LogP contribution is -2.37. The van der Waals surface area contributed by atoms with Gasteiger partial charge in [0.25, 0.3) is 0 Å². The first-order valence-corrected chi connectivity index (χ1v) is 7.56. The van der Waals surface area contributed by atoms with Gasteiger partial charge in [-0.25, -0.2) is 0 Å². The van der Waals surface area contributed by atoms with Crippen LogP contribution in [0.1, 0.15) is 50.3 Å². The fourth-order valence-electron chi connectivity index (χ4n) is 2.52. The van der Waals surface area contributed by atoms with Crippen LogP contribution in [0.5, 0.6) is 0 Å². The van der Waals surface area contributed by atoms with Gasteiger partial charge in [0.05, 0.1) is 5.69 Å². The van der Waals surface area contributed by atoms with Gasteiger partial charge in [-0.3, -0.25) is 15.1 Å². The Labute approximate surface area is 121 Å². The van der Waals surface area contributed by atoms with Crippen LogP contribution in [0.15, 0.2) is 22.8 Å². The first kappa shape index (κ1) is 14.5. The van der Waals surface area contributed by atoms with Crippen molar-refractivity contribution in [2.24, 2.45) is 0 Å². The molecular weight excluding hydrogens is 308 g/mol. The van der Waals surface area contributed by atoms with E-state index in [4.69, 9.17) is 0 Å². The van der Waals surface area contributed by atoms with E-state index < -0.39 is 12.0 Å². The molecule has 1 aliphatic rings. The Morgan fingerprint density at radius 3 is 2.53 bits per heavy atom. The molecule has 0 radical (unpaired) electrons. The minimum Gasteiger partial charge on any atom is -0.480 e. The second-order valence-corrected chi connectivity index (χ2v) is 5.94. The smallest absolute Gasteiger partial charge is 0.326 e. The van der Waals surface area contributed by atoms with Gasteiger partial charge in [-0.05, 0) is 40.9 Å². The van der Waals surface area contributed by atoms with Crippen molar-refractivity contribution in [2.45, 2.75) is 50.6 Å². The van der Waals surface area contributed by atoms with E-state index in [1.54, 1.807) is 12.3 Å². The molecule has 0 bridgehead atoms. The molecule has 2 rings (SSSR count). The number of carboxylic acid groups (broad SMARTS) is 1. The van der Waals surface area contributed by atoms with Crippen LogP contribution in [0.2, 0.25) is 0 Å². The zero-order valence-electron chi connectivity index (χ0n) is 10.8. The Kier molecular flexibility index (Phi) is 5.34. The summed E-state index contributed by atoms with van der Waals surface area (Å²) in [7, 11) is 0. The van der Waals surface area contributed by atoms with Crippen molar-refractivity contribution in [3.8, 4) is 0 Å². The Balaban J connectivity index is 2.07. The van der Waals surface area contributed by atoms with E-state index in [1.807, 2.05) is 6.07 Å². The highest BCUT2D eigenvalue weighted by Gasteiger charge is 2.24. The Morgan fingerprint density at radius 1 is 1.32 bits per heavy atom. The normalized spacial score (nSPS) is 18.8. The van der Waals surface area contributed by atoms with E-state index >= 15 is 0 Å². The second kappa shape index (κ2) is 7.01. The van der Waals surface area contributed by atoms with Crippen molar-refractivity contribution >= 4 is 21.9 Å². The van der Waals surface area contributed by atoms with Gasteiger partial charge in [-0.1, -0.05) is 25.7 Å². The number of nitrogens with zero attached hydrogens (tertiary/aromatic N) is 1. The van der Waals surface area contributed by atoms with Crippen LogP contribution in [-0.2, 0) is 4.79 Å². The van der Waals surface area contributed by atoms with Crippen LogP contribution in [0, 0.1) is 0 Å². The first-order chi connectivity index (χ1) is 9.16. The topological polar surface area (TPSA) is 62.2 Å². The third-order valence-electron chi connectivity index (χ3n) is 3.55. The number of carboxylic acids is 1. The van der Waals surface area contributed by atoms with Crippen molar-refractivity contribution in [3.05, 3.63) is 28.5 Å². The van der Waals surface area contributed by atoms with Gasteiger partial charge in [-0.15, -0.1) is 0 Å². The lowest BCUT2D eigenvalue weighted by Gasteiger charge is -2.21. The highest BCUT2D eigenvalue weighted by molar-refractivity contribution is 9.10. The Morgan fingerprint density at radius 2 is 2.00 bits per heavy atom. The molecule has 1 saturated carbocycles. The number of aliphatic carboxylic acids is 1. The summed E-state index contributed by atoms with van der Waals surface area (Å²) in [5, 5.41) is 12.6. The summed E-state index contributed by atoms with van der Waals surface area (Å²) in [4.78, 5) is 15.6. The average molecular weight is 327 g/mol. The quantitative estimate of drug-likeness (QED) is 0.833. The van der Waals surface area contributed by atoms with Crippen molar-refractivity contribution in [1.82, 2.24) is 10.3 Å². The summed E-state index contributed by atoms with van der Waals surface area (Å²) in [6.07, 6.45) is 8.62. The van der Waals surface area contributed by atoms with Crippen molar-refractivity contribution in [2.75, 3.05) is 0 Å². The highest BCUT2D eigenvalue weighted by Crippen LogP contribution is 2.21. The molecule has 2 N–H and O–H groups in total. The number of hydrogen-bond acceptors (Lipinski definition) is 3. The van der Waals surface area contributed by atoms with Crippen LogP contribution in [-0.4, -0.2) is 22.1 Å². The largest absolute Gasteiger partial charge is 0.480 e. The SMILES string of the molecule is O=C(O)C(NC1CCCCCC1)c1ccc(Br)cn1. The number of rotatable bonds is 4. The third-order valence-corrected chi connectivity index (χ3v) is 4.02. The number of nitrogens with one attached hydrogen (secondary N) is 1. The molecule has 0 aliphatic heterocycles. The third kappa shape index (κ3) is 4.28. The monoisotopic (exact) mass is 326 g/mol. The van der Waals surface area contributed by atoms with Gasteiger partial charge in [0.2, 0.25) is 0 Å². The number of carbonyl (C=O) groups is 1. The first-order valence-electron chi connectivity index (χ1n) is 6.77. The van der Waals surface area contributed by atoms with Crippen molar-refractivity contribution in [1.29, 1.82) is 0 Å². The van der Waals surface area contributed by atoms with Gasteiger partial charge < -0.3 is 5.11 Å². The van der Waals surface area contributed by atoms with Crippen LogP contribution in [0.3, 0.4) is 0 Å². The lowest BCUT2D eigenvalue weighted by molar-refractivity contribution is -0.140. The van der Waals surface area contributed by atoms with Gasteiger partial charge >= 0.3 is 5.97 Å². The van der Waals surface area contributed by atoms with Crippen molar-refractivity contribution < 1.29 is 9.90 Å². The fourth-order valence-corrected chi connectivity index (χ4v) is 2.76. The van der Waals surface area contributed by atoms with Gasteiger partial charge in [0.1, 0.15) is 6.04 Å². The van der Waals surface area contributed by atoms with E-state index in [1.165, 1.54) is 25.7 Å².